The number of carbonyl (C=O) groups is 1. The fraction of sp³-hybridized carbons (Fsp3) is 0.385. The molecule has 0 fully saturated rings. The number of halogens is 1. The molecule has 0 unspecified atom stereocenters. The molecule has 0 saturated heterocycles. The summed E-state index contributed by atoms with van der Waals surface area (Å²) in [5.74, 6) is -0.973. The van der Waals surface area contributed by atoms with Crippen LogP contribution in [-0.4, -0.2) is 37.9 Å². The van der Waals surface area contributed by atoms with Crippen LogP contribution in [0.2, 0.25) is 0 Å². The van der Waals surface area contributed by atoms with Gasteiger partial charge >= 0.3 is 5.97 Å². The molecule has 5 nitrogen and oxygen atoms in total. The molecule has 0 bridgehead atoms. The Morgan fingerprint density at radius 2 is 2.26 bits per heavy atom. The zero-order chi connectivity index (χ0) is 14.3. The SMILES string of the molecule is COCCN(CCC#N)c1ccc(C(=O)O)c(Br)c1. The molecular weight excluding hydrogens is 312 g/mol. The van der Waals surface area contributed by atoms with Crippen LogP contribution in [0, 0.1) is 11.3 Å². The molecule has 1 N–H and O–H groups in total. The van der Waals surface area contributed by atoms with Gasteiger partial charge < -0.3 is 14.7 Å². The molecule has 0 spiro atoms. The first-order valence-corrected chi connectivity index (χ1v) is 6.53. The summed E-state index contributed by atoms with van der Waals surface area (Å²) in [5.41, 5.74) is 1.08. The van der Waals surface area contributed by atoms with Crippen molar-refractivity contribution in [3.8, 4) is 6.07 Å². The molecule has 0 aromatic heterocycles. The van der Waals surface area contributed by atoms with Crippen LogP contribution in [0.5, 0.6) is 0 Å². The monoisotopic (exact) mass is 326 g/mol. The highest BCUT2D eigenvalue weighted by atomic mass is 79.9. The Morgan fingerprint density at radius 3 is 2.79 bits per heavy atom. The van der Waals surface area contributed by atoms with Gasteiger partial charge in [0.1, 0.15) is 0 Å². The highest BCUT2D eigenvalue weighted by molar-refractivity contribution is 9.10. The predicted octanol–water partition coefficient (Wildman–Crippen LogP) is 2.51. The Bertz CT molecular complexity index is 485. The second kappa shape index (κ2) is 7.77. The first-order valence-electron chi connectivity index (χ1n) is 5.73. The summed E-state index contributed by atoms with van der Waals surface area (Å²) >= 11 is 3.25. The largest absolute Gasteiger partial charge is 0.478 e. The molecule has 1 aromatic rings. The summed E-state index contributed by atoms with van der Waals surface area (Å²) in [6.45, 7) is 1.78. The number of ether oxygens (including phenoxy) is 1. The van der Waals surface area contributed by atoms with Crippen LogP contribution < -0.4 is 4.90 Å². The number of methoxy groups -OCH3 is 1. The zero-order valence-electron chi connectivity index (χ0n) is 10.6. The number of carboxylic acids is 1. The van der Waals surface area contributed by atoms with Gasteiger partial charge in [-0.25, -0.2) is 4.79 Å². The summed E-state index contributed by atoms with van der Waals surface area (Å²) < 4.78 is 5.56. The Kier molecular flexibility index (Phi) is 6.33. The van der Waals surface area contributed by atoms with Crippen LogP contribution in [-0.2, 0) is 4.74 Å². The molecule has 1 aromatic carbocycles. The molecule has 19 heavy (non-hydrogen) atoms. The average Bonchev–Trinajstić information content (AvgIpc) is 2.38. The number of nitriles is 1. The van der Waals surface area contributed by atoms with Crippen LogP contribution >= 0.6 is 15.9 Å². The summed E-state index contributed by atoms with van der Waals surface area (Å²) in [6, 6.07) is 7.13. The van der Waals surface area contributed by atoms with Crippen molar-refractivity contribution in [1.82, 2.24) is 0 Å². The van der Waals surface area contributed by atoms with E-state index in [1.807, 2.05) is 4.90 Å². The van der Waals surface area contributed by atoms with Crippen LogP contribution in [0.1, 0.15) is 16.8 Å². The minimum atomic E-state index is -0.973. The van der Waals surface area contributed by atoms with Gasteiger partial charge in [-0.05, 0) is 34.1 Å². The molecule has 1 rings (SSSR count). The van der Waals surface area contributed by atoms with E-state index in [1.54, 1.807) is 25.3 Å². The van der Waals surface area contributed by atoms with Gasteiger partial charge in [-0.3, -0.25) is 0 Å². The fourth-order valence-corrected chi connectivity index (χ4v) is 2.17. The van der Waals surface area contributed by atoms with Gasteiger partial charge in [0.25, 0.3) is 0 Å². The van der Waals surface area contributed by atoms with Crippen molar-refractivity contribution < 1.29 is 14.6 Å². The van der Waals surface area contributed by atoms with Crippen LogP contribution in [0.4, 0.5) is 5.69 Å². The molecule has 0 aliphatic heterocycles. The highest BCUT2D eigenvalue weighted by Crippen LogP contribution is 2.24. The lowest BCUT2D eigenvalue weighted by molar-refractivity contribution is 0.0696. The topological polar surface area (TPSA) is 73.6 Å². The lowest BCUT2D eigenvalue weighted by Gasteiger charge is -2.24. The third kappa shape index (κ3) is 4.54. The maximum Gasteiger partial charge on any atom is 0.336 e. The van der Waals surface area contributed by atoms with Crippen molar-refractivity contribution >= 4 is 27.6 Å². The fourth-order valence-electron chi connectivity index (χ4n) is 1.63. The first-order chi connectivity index (χ1) is 9.10. The average molecular weight is 327 g/mol. The second-order valence-corrected chi connectivity index (χ2v) is 4.71. The molecule has 0 amide bonds. The minimum Gasteiger partial charge on any atom is -0.478 e. The van der Waals surface area contributed by atoms with Gasteiger partial charge in [0.15, 0.2) is 0 Å². The van der Waals surface area contributed by atoms with Gasteiger partial charge in [0.2, 0.25) is 0 Å². The van der Waals surface area contributed by atoms with E-state index in [-0.39, 0.29) is 5.56 Å². The summed E-state index contributed by atoms with van der Waals surface area (Å²) in [5, 5.41) is 17.6. The lowest BCUT2D eigenvalue weighted by atomic mass is 10.2. The van der Waals surface area contributed by atoms with Crippen molar-refractivity contribution in [3.63, 3.8) is 0 Å². The molecule has 102 valence electrons. The summed E-state index contributed by atoms with van der Waals surface area (Å²) in [7, 11) is 1.62. The predicted molar refractivity (Wildman–Crippen MR) is 75.4 cm³/mol. The quantitative estimate of drug-likeness (QED) is 0.833. The minimum absolute atomic E-state index is 0.218. The van der Waals surface area contributed by atoms with E-state index in [4.69, 9.17) is 15.1 Å². The van der Waals surface area contributed by atoms with Crippen molar-refractivity contribution in [3.05, 3.63) is 28.2 Å². The van der Waals surface area contributed by atoms with Gasteiger partial charge in [-0.15, -0.1) is 0 Å². The van der Waals surface area contributed by atoms with E-state index in [0.717, 1.165) is 5.69 Å². The third-order valence-electron chi connectivity index (χ3n) is 2.61. The first kappa shape index (κ1) is 15.5. The normalized spacial score (nSPS) is 9.95. The van der Waals surface area contributed by atoms with Gasteiger partial charge in [0, 0.05) is 30.4 Å². The number of anilines is 1. The van der Waals surface area contributed by atoms with E-state index < -0.39 is 5.97 Å². The third-order valence-corrected chi connectivity index (χ3v) is 3.26. The number of hydrogen-bond acceptors (Lipinski definition) is 4. The van der Waals surface area contributed by atoms with Crippen molar-refractivity contribution in [2.24, 2.45) is 0 Å². The number of carboxylic acid groups (broad SMARTS) is 1. The number of nitrogens with zero attached hydrogens (tertiary/aromatic N) is 2. The molecule has 0 radical (unpaired) electrons. The van der Waals surface area contributed by atoms with E-state index in [2.05, 4.69) is 22.0 Å². The van der Waals surface area contributed by atoms with Crippen LogP contribution in [0.25, 0.3) is 0 Å². The molecule has 0 heterocycles. The second-order valence-electron chi connectivity index (χ2n) is 3.86. The maximum atomic E-state index is 10.9. The Labute approximate surface area is 120 Å². The van der Waals surface area contributed by atoms with Crippen molar-refractivity contribution in [2.75, 3.05) is 31.7 Å². The lowest BCUT2D eigenvalue weighted by Crippen LogP contribution is -2.28. The molecule has 6 heteroatoms. The highest BCUT2D eigenvalue weighted by Gasteiger charge is 2.12. The van der Waals surface area contributed by atoms with Gasteiger partial charge in [0.05, 0.1) is 24.7 Å². The van der Waals surface area contributed by atoms with Crippen LogP contribution in [0.15, 0.2) is 22.7 Å². The van der Waals surface area contributed by atoms with Gasteiger partial charge in [-0.2, -0.15) is 5.26 Å². The summed E-state index contributed by atoms with van der Waals surface area (Å²) in [4.78, 5) is 12.9. The molecule has 0 saturated carbocycles. The van der Waals surface area contributed by atoms with E-state index in [1.165, 1.54) is 0 Å². The van der Waals surface area contributed by atoms with Crippen LogP contribution in [0.3, 0.4) is 0 Å². The Morgan fingerprint density at radius 1 is 1.53 bits per heavy atom. The van der Waals surface area contributed by atoms with E-state index >= 15 is 0 Å². The van der Waals surface area contributed by atoms with Crippen molar-refractivity contribution in [2.45, 2.75) is 6.42 Å². The molecule has 0 atom stereocenters. The number of rotatable bonds is 7. The molecule has 0 aliphatic carbocycles. The summed E-state index contributed by atoms with van der Waals surface area (Å²) in [6.07, 6.45) is 0.405. The van der Waals surface area contributed by atoms with Crippen molar-refractivity contribution in [1.29, 1.82) is 5.26 Å². The zero-order valence-corrected chi connectivity index (χ0v) is 12.2. The van der Waals surface area contributed by atoms with E-state index in [9.17, 15) is 4.79 Å². The smallest absolute Gasteiger partial charge is 0.336 e. The molecule has 0 aliphatic rings. The van der Waals surface area contributed by atoms with Gasteiger partial charge in [-0.1, -0.05) is 0 Å². The Balaban J connectivity index is 2.92. The maximum absolute atomic E-state index is 10.9. The Hall–Kier alpha value is -1.58. The molecular formula is C13H15BrN2O3. The number of hydrogen-bond donors (Lipinski definition) is 1. The van der Waals surface area contributed by atoms with E-state index in [0.29, 0.717) is 30.6 Å². The number of aromatic carboxylic acids is 1. The standard InChI is InChI=1S/C13H15BrN2O3/c1-19-8-7-16(6-2-5-15)10-3-4-11(13(17)18)12(14)9-10/h3-4,9H,2,6-8H2,1H3,(H,17,18). The number of benzene rings is 1.